The van der Waals surface area contributed by atoms with Crippen molar-refractivity contribution in [1.82, 2.24) is 19.9 Å². The zero-order valence-corrected chi connectivity index (χ0v) is 18.4. The van der Waals surface area contributed by atoms with Gasteiger partial charge in [-0.2, -0.15) is 0 Å². The second-order valence-electron chi connectivity index (χ2n) is 6.75. The number of benzene rings is 2. The lowest BCUT2D eigenvalue weighted by atomic mass is 10.2. The fraction of sp³-hybridized carbons (Fsp3) is 0.318. The highest BCUT2D eigenvalue weighted by Gasteiger charge is 2.21. The van der Waals surface area contributed by atoms with Crippen molar-refractivity contribution in [3.8, 4) is 0 Å². The monoisotopic (exact) mass is 455 g/mol. The molecule has 0 bridgehead atoms. The van der Waals surface area contributed by atoms with E-state index in [0.29, 0.717) is 18.8 Å². The molecule has 0 saturated heterocycles. The first-order chi connectivity index (χ1) is 14.1. The highest BCUT2D eigenvalue weighted by Crippen LogP contribution is 2.21. The van der Waals surface area contributed by atoms with E-state index in [9.17, 15) is 4.79 Å². The van der Waals surface area contributed by atoms with Crippen molar-refractivity contribution in [1.29, 1.82) is 0 Å². The number of hydrogen-bond acceptors (Lipinski definition) is 4. The average Bonchev–Trinajstić information content (AvgIpc) is 3.20. The van der Waals surface area contributed by atoms with Crippen molar-refractivity contribution in [3.05, 3.63) is 76.5 Å². The van der Waals surface area contributed by atoms with Crippen LogP contribution in [0.25, 0.3) is 0 Å². The number of carbonyl (C=O) groups is 1. The molecule has 0 spiro atoms. The van der Waals surface area contributed by atoms with Crippen LogP contribution in [-0.2, 0) is 6.54 Å². The third-order valence-electron chi connectivity index (χ3n) is 4.84. The Morgan fingerprint density at radius 1 is 1.03 bits per heavy atom. The Labute approximate surface area is 180 Å². The highest BCUT2D eigenvalue weighted by atomic mass is 79.9. The summed E-state index contributed by atoms with van der Waals surface area (Å²) >= 11 is 3.50. The normalized spacial score (nSPS) is 11.0. The van der Waals surface area contributed by atoms with Crippen LogP contribution < -0.4 is 4.90 Å². The molecular weight excluding hydrogens is 430 g/mol. The van der Waals surface area contributed by atoms with E-state index in [2.05, 4.69) is 45.0 Å². The summed E-state index contributed by atoms with van der Waals surface area (Å²) in [4.78, 5) is 17.4. The minimum Gasteiger partial charge on any atom is -0.306 e. The van der Waals surface area contributed by atoms with Crippen LogP contribution in [0.2, 0.25) is 0 Å². The van der Waals surface area contributed by atoms with Crippen LogP contribution in [0.15, 0.2) is 65.3 Å². The van der Waals surface area contributed by atoms with Crippen LogP contribution in [0.4, 0.5) is 5.69 Å². The Morgan fingerprint density at radius 3 is 2.48 bits per heavy atom. The van der Waals surface area contributed by atoms with Crippen molar-refractivity contribution in [2.75, 3.05) is 31.1 Å². The number of carbonyl (C=O) groups excluding carboxylic acids is 1. The van der Waals surface area contributed by atoms with E-state index < -0.39 is 0 Å². The van der Waals surface area contributed by atoms with Crippen molar-refractivity contribution in [2.24, 2.45) is 0 Å². The lowest BCUT2D eigenvalue weighted by Gasteiger charge is -2.26. The second kappa shape index (κ2) is 10.3. The molecule has 1 aromatic heterocycles. The molecule has 0 unspecified atom stereocenters. The molecule has 6 nitrogen and oxygen atoms in total. The fourth-order valence-electron chi connectivity index (χ4n) is 3.16. The molecule has 152 valence electrons. The van der Waals surface area contributed by atoms with Gasteiger partial charge in [-0.05, 0) is 36.9 Å². The molecule has 2 aromatic carbocycles. The van der Waals surface area contributed by atoms with Crippen LogP contribution >= 0.6 is 15.9 Å². The number of likely N-dealkylation sites (N-methyl/N-ethyl adjacent to an activating group) is 1. The summed E-state index contributed by atoms with van der Waals surface area (Å²) in [5.74, 6) is -0.144. The highest BCUT2D eigenvalue weighted by molar-refractivity contribution is 9.10. The molecule has 0 aliphatic rings. The molecule has 7 heteroatoms. The summed E-state index contributed by atoms with van der Waals surface area (Å²) in [6.45, 7) is 8.12. The van der Waals surface area contributed by atoms with Gasteiger partial charge in [0.25, 0.3) is 5.91 Å². The first kappa shape index (κ1) is 21.2. The van der Waals surface area contributed by atoms with Crippen molar-refractivity contribution in [3.63, 3.8) is 0 Å². The third-order valence-corrected chi connectivity index (χ3v) is 5.34. The Hall–Kier alpha value is -2.51. The maximum absolute atomic E-state index is 13.3. The molecule has 1 amide bonds. The SMILES string of the molecule is CCN(CC)CCN(C(=O)c1cn(Cc2ccccc2)nn1)c1cccc(Br)c1. The quantitative estimate of drug-likeness (QED) is 0.487. The Bertz CT molecular complexity index is 924. The molecule has 1 heterocycles. The molecule has 3 aromatic rings. The number of amides is 1. The summed E-state index contributed by atoms with van der Waals surface area (Å²) < 4.78 is 2.63. The number of rotatable bonds is 9. The summed E-state index contributed by atoms with van der Waals surface area (Å²) in [7, 11) is 0. The Balaban J connectivity index is 1.80. The van der Waals surface area contributed by atoms with E-state index in [-0.39, 0.29) is 5.91 Å². The maximum Gasteiger partial charge on any atom is 0.280 e. The van der Waals surface area contributed by atoms with Crippen molar-refractivity contribution in [2.45, 2.75) is 20.4 Å². The van der Waals surface area contributed by atoms with Crippen LogP contribution in [0.1, 0.15) is 29.9 Å². The standard InChI is InChI=1S/C22H26BrN5O/c1-3-26(4-2)13-14-28(20-12-8-11-19(23)15-20)22(29)21-17-27(25-24-21)16-18-9-6-5-7-10-18/h5-12,15,17H,3-4,13-14,16H2,1-2H3. The summed E-state index contributed by atoms with van der Waals surface area (Å²) in [6.07, 6.45) is 1.72. The number of nitrogens with zero attached hydrogens (tertiary/aromatic N) is 5. The Kier molecular flexibility index (Phi) is 7.55. The van der Waals surface area contributed by atoms with Gasteiger partial charge in [-0.15, -0.1) is 5.10 Å². The molecule has 0 aliphatic heterocycles. The third kappa shape index (κ3) is 5.74. The molecule has 0 N–H and O–H groups in total. The lowest BCUT2D eigenvalue weighted by Crippen LogP contribution is -2.39. The van der Waals surface area contributed by atoms with E-state index in [1.807, 2.05) is 54.6 Å². The Morgan fingerprint density at radius 2 is 1.79 bits per heavy atom. The van der Waals surface area contributed by atoms with Gasteiger partial charge in [0.15, 0.2) is 5.69 Å². The zero-order valence-electron chi connectivity index (χ0n) is 16.8. The van der Waals surface area contributed by atoms with Gasteiger partial charge in [-0.3, -0.25) is 4.79 Å². The van der Waals surface area contributed by atoms with Crippen LogP contribution in [0, 0.1) is 0 Å². The van der Waals surface area contributed by atoms with E-state index in [0.717, 1.165) is 35.4 Å². The van der Waals surface area contributed by atoms with Gasteiger partial charge in [-0.25, -0.2) is 4.68 Å². The molecule has 0 radical (unpaired) electrons. The fourth-order valence-corrected chi connectivity index (χ4v) is 3.54. The van der Waals surface area contributed by atoms with Gasteiger partial charge >= 0.3 is 0 Å². The van der Waals surface area contributed by atoms with Crippen LogP contribution in [-0.4, -0.2) is 52.0 Å². The van der Waals surface area contributed by atoms with Crippen LogP contribution in [0.3, 0.4) is 0 Å². The van der Waals surface area contributed by atoms with Gasteiger partial charge in [0.05, 0.1) is 12.7 Å². The number of hydrogen-bond donors (Lipinski definition) is 0. The van der Waals surface area contributed by atoms with E-state index >= 15 is 0 Å². The van der Waals surface area contributed by atoms with Gasteiger partial charge < -0.3 is 9.80 Å². The number of halogens is 1. The van der Waals surface area contributed by atoms with Crippen molar-refractivity contribution < 1.29 is 4.79 Å². The summed E-state index contributed by atoms with van der Waals surface area (Å²) in [5.41, 5.74) is 2.30. The molecule has 0 atom stereocenters. The smallest absolute Gasteiger partial charge is 0.280 e. The molecule has 3 rings (SSSR count). The second-order valence-corrected chi connectivity index (χ2v) is 7.67. The predicted molar refractivity (Wildman–Crippen MR) is 119 cm³/mol. The molecule has 0 fully saturated rings. The number of anilines is 1. The molecule has 0 aliphatic carbocycles. The summed E-state index contributed by atoms with van der Waals surface area (Å²) in [5, 5.41) is 8.30. The van der Waals surface area contributed by atoms with Gasteiger partial charge in [0.1, 0.15) is 0 Å². The molecular formula is C22H26BrN5O. The first-order valence-corrected chi connectivity index (χ1v) is 10.6. The lowest BCUT2D eigenvalue weighted by molar-refractivity contribution is 0.0979. The molecule has 29 heavy (non-hydrogen) atoms. The zero-order chi connectivity index (χ0) is 20.6. The summed E-state index contributed by atoms with van der Waals surface area (Å²) in [6, 6.07) is 17.8. The van der Waals surface area contributed by atoms with Crippen molar-refractivity contribution >= 4 is 27.5 Å². The van der Waals surface area contributed by atoms with E-state index in [4.69, 9.17) is 0 Å². The van der Waals surface area contributed by atoms with E-state index in [1.165, 1.54) is 0 Å². The van der Waals surface area contributed by atoms with E-state index in [1.54, 1.807) is 15.8 Å². The topological polar surface area (TPSA) is 54.3 Å². The maximum atomic E-state index is 13.3. The predicted octanol–water partition coefficient (Wildman–Crippen LogP) is 4.08. The van der Waals surface area contributed by atoms with Gasteiger partial charge in [0, 0.05) is 23.2 Å². The number of aromatic nitrogens is 3. The largest absolute Gasteiger partial charge is 0.306 e. The molecule has 0 saturated carbocycles. The van der Waals surface area contributed by atoms with Gasteiger partial charge in [-0.1, -0.05) is 71.4 Å². The average molecular weight is 456 g/mol. The minimum atomic E-state index is -0.144. The first-order valence-electron chi connectivity index (χ1n) is 9.84. The van der Waals surface area contributed by atoms with Crippen LogP contribution in [0.5, 0.6) is 0 Å². The minimum absolute atomic E-state index is 0.144. The van der Waals surface area contributed by atoms with Gasteiger partial charge in [0.2, 0.25) is 0 Å².